The van der Waals surface area contributed by atoms with E-state index >= 15 is 0 Å². The van der Waals surface area contributed by atoms with Gasteiger partial charge in [-0.15, -0.1) is 0 Å². The van der Waals surface area contributed by atoms with Crippen molar-refractivity contribution >= 4 is 68.2 Å². The van der Waals surface area contributed by atoms with Gasteiger partial charge >= 0.3 is 0 Å². The third kappa shape index (κ3) is 8.55. The molecule has 81 heavy (non-hydrogen) atoms. The Morgan fingerprint density at radius 1 is 0.185 bits per heavy atom. The Labute approximate surface area is 476 Å². The average molecular weight is 1040 g/mol. The van der Waals surface area contributed by atoms with Gasteiger partial charge in [0.15, 0.2) is 0 Å². The fourth-order valence-electron chi connectivity index (χ4n) is 12.9. The number of hydrogen-bond acceptors (Lipinski definition) is 4. The maximum atomic E-state index is 2.46. The van der Waals surface area contributed by atoms with Gasteiger partial charge in [-0.05, 0) is 240 Å². The van der Waals surface area contributed by atoms with Crippen LogP contribution in [0.1, 0.15) is 44.5 Å². The molecular formula is C77H60N4. The summed E-state index contributed by atoms with van der Waals surface area (Å²) in [5.74, 6) is 0. The molecule has 0 aromatic heterocycles. The number of para-hydroxylation sites is 4. The number of hydrogen-bond donors (Lipinski definition) is 0. The lowest BCUT2D eigenvalue weighted by Crippen LogP contribution is -2.26. The molecule has 0 N–H and O–H groups in total. The molecule has 14 rings (SSSR count). The smallest absolute Gasteiger partial charge is 0.0725 e. The summed E-state index contributed by atoms with van der Waals surface area (Å²) < 4.78 is 0. The molecule has 0 atom stereocenters. The quantitative estimate of drug-likeness (QED) is 0.121. The van der Waals surface area contributed by atoms with Crippen LogP contribution in [0.25, 0.3) is 22.3 Å². The number of fused-ring (bicyclic) bond motifs is 10. The van der Waals surface area contributed by atoms with Crippen molar-refractivity contribution < 1.29 is 0 Å². The Bertz CT molecular complexity index is 3740. The molecule has 0 aliphatic heterocycles. The maximum absolute atomic E-state index is 2.46. The van der Waals surface area contributed by atoms with Crippen LogP contribution in [0.5, 0.6) is 0 Å². The first-order valence-corrected chi connectivity index (χ1v) is 28.1. The van der Waals surface area contributed by atoms with Crippen LogP contribution in [0.3, 0.4) is 0 Å². The van der Waals surface area contributed by atoms with Gasteiger partial charge in [0.1, 0.15) is 0 Å². The van der Waals surface area contributed by atoms with Crippen LogP contribution < -0.4 is 19.6 Å². The first-order chi connectivity index (χ1) is 39.8. The minimum Gasteiger partial charge on any atom is -0.310 e. The first kappa shape index (κ1) is 49.2. The molecule has 2 aliphatic carbocycles. The molecule has 0 heterocycles. The molecule has 0 fully saturated rings. The lowest BCUT2D eigenvalue weighted by Gasteiger charge is -2.32. The SMILES string of the molecule is Cc1cccc(N(c2ccccc2)c2ccc3c(c2)-c2cc(N(c4ccccc4)c4cccc(C)c4)ccc2C32c3ccc(N(c4ccccc4)c4cccc(C)c4)cc3-c3cc(N(c4ccccc4)c4cccc(C)c4)ccc32)c1. The number of nitrogens with zero attached hydrogens (tertiary/aromatic N) is 4. The topological polar surface area (TPSA) is 13.0 Å². The van der Waals surface area contributed by atoms with Crippen molar-refractivity contribution in [2.75, 3.05) is 19.6 Å². The molecule has 388 valence electrons. The molecule has 0 radical (unpaired) electrons. The van der Waals surface area contributed by atoms with Gasteiger partial charge in [-0.2, -0.15) is 0 Å². The van der Waals surface area contributed by atoms with E-state index in [1.165, 1.54) is 66.8 Å². The molecule has 0 unspecified atom stereocenters. The highest BCUT2D eigenvalue weighted by molar-refractivity contribution is 6.00. The van der Waals surface area contributed by atoms with Crippen molar-refractivity contribution in [3.05, 3.63) is 336 Å². The third-order valence-corrected chi connectivity index (χ3v) is 16.3. The molecular weight excluding hydrogens is 981 g/mol. The lowest BCUT2D eigenvalue weighted by molar-refractivity contribution is 0.793. The standard InChI is InChI=1S/C77H60N4/c1-53-21-17-33-61(45-53)78(57-25-9-5-10-26-57)65-37-41-73-69(49-65)70-50-66(79(58-27-11-6-12-28-58)62-34-18-22-54(2)46-62)38-42-74(70)77(73)75-43-39-67(80(59-29-13-7-14-30-59)63-35-19-23-55(3)47-63)51-71(75)72-52-68(40-44-76(72)77)81(60-31-15-8-16-32-60)64-36-20-24-56(4)48-64/h5-52H,1-4H3. The van der Waals surface area contributed by atoms with Gasteiger partial charge in [-0.1, -0.05) is 146 Å². The summed E-state index contributed by atoms with van der Waals surface area (Å²) >= 11 is 0. The largest absolute Gasteiger partial charge is 0.310 e. The summed E-state index contributed by atoms with van der Waals surface area (Å²) in [7, 11) is 0. The third-order valence-electron chi connectivity index (χ3n) is 16.3. The van der Waals surface area contributed by atoms with E-state index in [-0.39, 0.29) is 0 Å². The van der Waals surface area contributed by atoms with Gasteiger partial charge in [0.25, 0.3) is 0 Å². The zero-order chi connectivity index (χ0) is 54.6. The van der Waals surface area contributed by atoms with Crippen LogP contribution >= 0.6 is 0 Å². The highest BCUT2D eigenvalue weighted by Crippen LogP contribution is 2.65. The van der Waals surface area contributed by atoms with E-state index in [4.69, 9.17) is 0 Å². The summed E-state index contributed by atoms with van der Waals surface area (Å²) in [6.07, 6.45) is 0. The highest BCUT2D eigenvalue weighted by atomic mass is 15.2. The molecule has 1 spiro atoms. The van der Waals surface area contributed by atoms with Gasteiger partial charge in [-0.25, -0.2) is 0 Å². The van der Waals surface area contributed by atoms with Crippen LogP contribution in [0.4, 0.5) is 68.2 Å². The summed E-state index contributed by atoms with van der Waals surface area (Å²) in [5, 5.41) is 0. The molecule has 0 saturated heterocycles. The monoisotopic (exact) mass is 1040 g/mol. The van der Waals surface area contributed by atoms with Crippen molar-refractivity contribution in [2.24, 2.45) is 0 Å². The molecule has 4 nitrogen and oxygen atoms in total. The first-order valence-electron chi connectivity index (χ1n) is 28.1. The van der Waals surface area contributed by atoms with Crippen molar-refractivity contribution in [3.8, 4) is 22.3 Å². The summed E-state index contributed by atoms with van der Waals surface area (Å²) in [6.45, 7) is 8.70. The molecule has 4 heteroatoms. The summed E-state index contributed by atoms with van der Waals surface area (Å²) in [4.78, 5) is 9.64. The van der Waals surface area contributed by atoms with Gasteiger partial charge in [0.05, 0.1) is 5.41 Å². The van der Waals surface area contributed by atoms with Crippen molar-refractivity contribution in [3.63, 3.8) is 0 Å². The van der Waals surface area contributed by atoms with E-state index < -0.39 is 5.41 Å². The Hall–Kier alpha value is -10.2. The Balaban J connectivity index is 1.06. The zero-order valence-corrected chi connectivity index (χ0v) is 46.0. The minimum absolute atomic E-state index is 0.687. The van der Waals surface area contributed by atoms with Crippen LogP contribution in [0, 0.1) is 27.7 Å². The summed E-state index contributed by atoms with van der Waals surface area (Å²) in [5.41, 5.74) is 27.2. The second kappa shape index (κ2) is 20.3. The minimum atomic E-state index is -0.687. The normalized spacial score (nSPS) is 12.3. The van der Waals surface area contributed by atoms with Crippen molar-refractivity contribution in [1.29, 1.82) is 0 Å². The van der Waals surface area contributed by atoms with E-state index in [1.54, 1.807) is 0 Å². The van der Waals surface area contributed by atoms with E-state index in [1.807, 2.05) is 0 Å². The van der Waals surface area contributed by atoms with Crippen LogP contribution in [-0.2, 0) is 5.41 Å². The fourth-order valence-corrected chi connectivity index (χ4v) is 12.9. The fraction of sp³-hybridized carbons (Fsp3) is 0.0649. The molecule has 0 amide bonds. The van der Waals surface area contributed by atoms with Crippen LogP contribution in [-0.4, -0.2) is 0 Å². The Kier molecular flexibility index (Phi) is 12.3. The van der Waals surface area contributed by atoms with Crippen molar-refractivity contribution in [2.45, 2.75) is 33.1 Å². The molecule has 0 bridgehead atoms. The van der Waals surface area contributed by atoms with E-state index in [0.717, 1.165) is 68.2 Å². The number of benzene rings is 12. The second-order valence-electron chi connectivity index (χ2n) is 21.7. The Morgan fingerprint density at radius 3 is 0.593 bits per heavy atom. The molecule has 0 saturated carbocycles. The van der Waals surface area contributed by atoms with Crippen LogP contribution in [0.15, 0.2) is 291 Å². The maximum Gasteiger partial charge on any atom is 0.0725 e. The number of rotatable bonds is 12. The predicted molar refractivity (Wildman–Crippen MR) is 340 cm³/mol. The molecule has 2 aliphatic rings. The highest BCUT2D eigenvalue weighted by Gasteiger charge is 2.52. The van der Waals surface area contributed by atoms with Gasteiger partial charge in [0.2, 0.25) is 0 Å². The zero-order valence-electron chi connectivity index (χ0n) is 46.0. The number of aryl methyl sites for hydroxylation is 4. The molecule has 12 aromatic carbocycles. The second-order valence-corrected chi connectivity index (χ2v) is 21.7. The van der Waals surface area contributed by atoms with E-state index in [0.29, 0.717) is 0 Å². The van der Waals surface area contributed by atoms with E-state index in [9.17, 15) is 0 Å². The summed E-state index contributed by atoms with van der Waals surface area (Å²) in [6, 6.07) is 108. The van der Waals surface area contributed by atoms with Gasteiger partial charge < -0.3 is 19.6 Å². The van der Waals surface area contributed by atoms with Gasteiger partial charge in [0, 0.05) is 68.2 Å². The molecule has 12 aromatic rings. The average Bonchev–Trinajstić information content (AvgIpc) is 2.59. The van der Waals surface area contributed by atoms with Crippen molar-refractivity contribution in [1.82, 2.24) is 0 Å². The predicted octanol–water partition coefficient (Wildman–Crippen LogP) is 21.1. The van der Waals surface area contributed by atoms with E-state index in [2.05, 4.69) is 338 Å². The lowest BCUT2D eigenvalue weighted by atomic mass is 9.70. The van der Waals surface area contributed by atoms with Crippen LogP contribution in [0.2, 0.25) is 0 Å². The number of anilines is 12. The van der Waals surface area contributed by atoms with Gasteiger partial charge in [-0.3, -0.25) is 0 Å². The Morgan fingerprint density at radius 2 is 0.383 bits per heavy atom.